The Kier molecular flexibility index (Phi) is 3.74. The maximum absolute atomic E-state index is 12.0. The first-order valence-electron chi connectivity index (χ1n) is 7.12. The highest BCUT2D eigenvalue weighted by Crippen LogP contribution is 2.24. The summed E-state index contributed by atoms with van der Waals surface area (Å²) in [5.74, 6) is 0.0867. The average Bonchev–Trinajstić information content (AvgIpc) is 3.02. The predicted octanol–water partition coefficient (Wildman–Crippen LogP) is -0.227. The maximum atomic E-state index is 12.0. The van der Waals surface area contributed by atoms with Crippen LogP contribution >= 0.6 is 0 Å². The minimum Gasteiger partial charge on any atom is -0.393 e. The molecule has 112 valence electrons. The largest absolute Gasteiger partial charge is 0.393 e. The number of amides is 1. The van der Waals surface area contributed by atoms with Crippen molar-refractivity contribution >= 4 is 11.6 Å². The molecule has 7 nitrogen and oxygen atoms in total. The van der Waals surface area contributed by atoms with E-state index in [1.165, 1.54) is 4.40 Å². The van der Waals surface area contributed by atoms with Crippen molar-refractivity contribution in [2.24, 2.45) is 5.92 Å². The van der Waals surface area contributed by atoms with Gasteiger partial charge in [-0.05, 0) is 37.3 Å². The fraction of sp³-hybridized carbons (Fsp3) is 0.500. The minimum atomic E-state index is -0.322. The maximum Gasteiger partial charge on any atom is 0.350 e. The van der Waals surface area contributed by atoms with Gasteiger partial charge in [0, 0.05) is 12.7 Å². The van der Waals surface area contributed by atoms with Gasteiger partial charge in [0.2, 0.25) is 5.91 Å². The molecule has 0 aromatic carbocycles. The Labute approximate surface area is 121 Å². The number of aliphatic hydroxyl groups excluding tert-OH is 1. The summed E-state index contributed by atoms with van der Waals surface area (Å²) in [5.41, 5.74) is 0.200. The predicted molar refractivity (Wildman–Crippen MR) is 75.8 cm³/mol. The number of hydrogen-bond acceptors (Lipinski definition) is 4. The molecule has 2 aromatic heterocycles. The van der Waals surface area contributed by atoms with Crippen molar-refractivity contribution in [1.82, 2.24) is 19.5 Å². The molecular formula is C14H18N4O3. The summed E-state index contributed by atoms with van der Waals surface area (Å²) in [7, 11) is 0. The summed E-state index contributed by atoms with van der Waals surface area (Å²) < 4.78 is 2.56. The monoisotopic (exact) mass is 290 g/mol. The van der Waals surface area contributed by atoms with Gasteiger partial charge < -0.3 is 10.4 Å². The van der Waals surface area contributed by atoms with E-state index in [0.717, 1.165) is 23.9 Å². The highest BCUT2D eigenvalue weighted by Gasteiger charge is 2.23. The zero-order chi connectivity index (χ0) is 14.8. The number of nitrogens with zero attached hydrogens (tertiary/aromatic N) is 3. The fourth-order valence-electron chi connectivity index (χ4n) is 2.76. The van der Waals surface area contributed by atoms with Gasteiger partial charge in [-0.1, -0.05) is 6.07 Å². The van der Waals surface area contributed by atoms with Crippen LogP contribution in [0.1, 0.15) is 19.3 Å². The van der Waals surface area contributed by atoms with Crippen molar-refractivity contribution in [1.29, 1.82) is 0 Å². The standard InChI is InChI=1S/C14H18N4O3/c19-11-5-4-10(7-11)8-15-13(20)9-18-14(21)17-6-2-1-3-12(17)16-18/h1-3,6,10-11,19H,4-5,7-9H2,(H,15,20). The van der Waals surface area contributed by atoms with E-state index in [4.69, 9.17) is 0 Å². The molecule has 3 rings (SSSR count). The van der Waals surface area contributed by atoms with Crippen molar-refractivity contribution in [3.63, 3.8) is 0 Å². The van der Waals surface area contributed by atoms with Crippen molar-refractivity contribution in [2.75, 3.05) is 6.54 Å². The van der Waals surface area contributed by atoms with Crippen LogP contribution in [-0.2, 0) is 11.3 Å². The zero-order valence-corrected chi connectivity index (χ0v) is 11.6. The Morgan fingerprint density at radius 2 is 2.29 bits per heavy atom. The van der Waals surface area contributed by atoms with Crippen LogP contribution in [0.5, 0.6) is 0 Å². The number of rotatable bonds is 4. The lowest BCUT2D eigenvalue weighted by atomic mass is 10.1. The van der Waals surface area contributed by atoms with Crippen molar-refractivity contribution in [3.05, 3.63) is 34.9 Å². The van der Waals surface area contributed by atoms with Crippen LogP contribution in [0.4, 0.5) is 0 Å². The molecule has 1 aliphatic rings. The highest BCUT2D eigenvalue weighted by molar-refractivity contribution is 5.75. The third-order valence-corrected chi connectivity index (χ3v) is 3.88. The van der Waals surface area contributed by atoms with E-state index in [1.54, 1.807) is 24.4 Å². The van der Waals surface area contributed by atoms with E-state index in [1.807, 2.05) is 0 Å². The lowest BCUT2D eigenvalue weighted by molar-refractivity contribution is -0.122. The highest BCUT2D eigenvalue weighted by atomic mass is 16.3. The number of carbonyl (C=O) groups excluding carboxylic acids is 1. The molecule has 2 unspecified atom stereocenters. The summed E-state index contributed by atoms with van der Waals surface area (Å²) in [4.78, 5) is 23.9. The van der Waals surface area contributed by atoms with E-state index < -0.39 is 0 Å². The molecule has 0 radical (unpaired) electrons. The summed E-state index contributed by atoms with van der Waals surface area (Å²) in [6, 6.07) is 5.25. The third kappa shape index (κ3) is 2.97. The van der Waals surface area contributed by atoms with Gasteiger partial charge in [-0.25, -0.2) is 9.48 Å². The second-order valence-corrected chi connectivity index (χ2v) is 5.51. The van der Waals surface area contributed by atoms with Crippen molar-refractivity contribution in [3.8, 4) is 0 Å². The van der Waals surface area contributed by atoms with Gasteiger partial charge in [0.15, 0.2) is 5.65 Å². The Morgan fingerprint density at radius 1 is 1.43 bits per heavy atom. The van der Waals surface area contributed by atoms with Gasteiger partial charge in [-0.3, -0.25) is 9.20 Å². The summed E-state index contributed by atoms with van der Waals surface area (Å²) in [5, 5.41) is 16.4. The first-order chi connectivity index (χ1) is 10.1. The lowest BCUT2D eigenvalue weighted by Gasteiger charge is -2.10. The quantitative estimate of drug-likeness (QED) is 0.814. The van der Waals surface area contributed by atoms with Crippen LogP contribution in [0.3, 0.4) is 0 Å². The Hall–Kier alpha value is -2.15. The molecular weight excluding hydrogens is 272 g/mol. The number of carbonyl (C=O) groups is 1. The number of aromatic nitrogens is 3. The van der Waals surface area contributed by atoms with Crippen LogP contribution < -0.4 is 11.0 Å². The van der Waals surface area contributed by atoms with Crippen molar-refractivity contribution < 1.29 is 9.90 Å². The molecule has 21 heavy (non-hydrogen) atoms. The number of fused-ring (bicyclic) bond motifs is 1. The molecule has 1 saturated carbocycles. The van der Waals surface area contributed by atoms with Crippen molar-refractivity contribution in [2.45, 2.75) is 31.9 Å². The topological polar surface area (TPSA) is 88.6 Å². The van der Waals surface area contributed by atoms with Gasteiger partial charge >= 0.3 is 5.69 Å². The first kappa shape index (κ1) is 13.8. The molecule has 2 N–H and O–H groups in total. The van der Waals surface area contributed by atoms with Gasteiger partial charge in [0.05, 0.1) is 6.10 Å². The van der Waals surface area contributed by atoms with Crippen LogP contribution in [0.2, 0.25) is 0 Å². The lowest BCUT2D eigenvalue weighted by Crippen LogP contribution is -2.35. The zero-order valence-electron chi connectivity index (χ0n) is 11.6. The summed E-state index contributed by atoms with van der Waals surface area (Å²) >= 11 is 0. The van der Waals surface area contributed by atoms with E-state index in [-0.39, 0.29) is 24.2 Å². The Bertz CT molecular complexity index is 706. The van der Waals surface area contributed by atoms with Crippen LogP contribution in [0.25, 0.3) is 5.65 Å². The molecule has 2 atom stereocenters. The Morgan fingerprint density at radius 3 is 3.00 bits per heavy atom. The van der Waals surface area contributed by atoms with Gasteiger partial charge in [0.25, 0.3) is 0 Å². The van der Waals surface area contributed by atoms with Crippen LogP contribution in [-0.4, -0.2) is 37.8 Å². The minimum absolute atomic E-state index is 0.0875. The summed E-state index contributed by atoms with van der Waals surface area (Å²) in [6.07, 6.45) is 3.84. The number of nitrogens with one attached hydrogen (secondary N) is 1. The smallest absolute Gasteiger partial charge is 0.350 e. The fourth-order valence-corrected chi connectivity index (χ4v) is 2.76. The average molecular weight is 290 g/mol. The van der Waals surface area contributed by atoms with E-state index >= 15 is 0 Å². The molecule has 0 saturated heterocycles. The molecule has 1 amide bonds. The second-order valence-electron chi connectivity index (χ2n) is 5.51. The van der Waals surface area contributed by atoms with E-state index in [2.05, 4.69) is 10.4 Å². The normalized spacial score (nSPS) is 21.8. The molecule has 1 aliphatic carbocycles. The Balaban J connectivity index is 1.61. The third-order valence-electron chi connectivity index (χ3n) is 3.88. The molecule has 0 spiro atoms. The SMILES string of the molecule is O=C(Cn1nc2ccccn2c1=O)NCC1CCC(O)C1. The van der Waals surface area contributed by atoms with Gasteiger partial charge in [-0.2, -0.15) is 0 Å². The second kappa shape index (κ2) is 5.69. The number of aliphatic hydroxyl groups is 1. The molecule has 1 fully saturated rings. The first-order valence-corrected chi connectivity index (χ1v) is 7.12. The number of hydrogen-bond donors (Lipinski definition) is 2. The van der Waals surface area contributed by atoms with Crippen LogP contribution in [0, 0.1) is 5.92 Å². The van der Waals surface area contributed by atoms with Crippen LogP contribution in [0.15, 0.2) is 29.2 Å². The molecule has 0 bridgehead atoms. The number of pyridine rings is 1. The molecule has 7 heteroatoms. The molecule has 2 heterocycles. The molecule has 2 aromatic rings. The van der Waals surface area contributed by atoms with Gasteiger partial charge in [-0.15, -0.1) is 5.10 Å². The molecule has 0 aliphatic heterocycles. The van der Waals surface area contributed by atoms with Gasteiger partial charge in [0.1, 0.15) is 6.54 Å². The van der Waals surface area contributed by atoms with E-state index in [9.17, 15) is 14.7 Å². The summed E-state index contributed by atoms with van der Waals surface area (Å²) in [6.45, 7) is 0.452. The van der Waals surface area contributed by atoms with E-state index in [0.29, 0.717) is 18.1 Å².